The second kappa shape index (κ2) is 11.3. The third kappa shape index (κ3) is 8.66. The van der Waals surface area contributed by atoms with Crippen LogP contribution in [0.25, 0.3) is 0 Å². The molecule has 0 spiro atoms. The molecule has 29 heavy (non-hydrogen) atoms. The van der Waals surface area contributed by atoms with Crippen LogP contribution < -0.4 is 14.7 Å². The smallest absolute Gasteiger partial charge is 0.488 e. The molecule has 0 amide bonds. The van der Waals surface area contributed by atoms with Gasteiger partial charge in [0.05, 0.1) is 0 Å². The molecule has 0 aliphatic carbocycles. The minimum atomic E-state index is -3.27. The number of rotatable bonds is 12. The van der Waals surface area contributed by atoms with Crippen LogP contribution in [-0.4, -0.2) is 39.8 Å². The van der Waals surface area contributed by atoms with Gasteiger partial charge in [-0.15, -0.1) is 0 Å². The van der Waals surface area contributed by atoms with Gasteiger partial charge >= 0.3 is 8.80 Å². The predicted octanol–water partition coefficient (Wildman–Crippen LogP) is 5.47. The molecule has 1 aromatic carbocycles. The summed E-state index contributed by atoms with van der Waals surface area (Å²) in [6.45, 7) is 20.1. The van der Waals surface area contributed by atoms with E-state index in [4.69, 9.17) is 22.8 Å². The maximum absolute atomic E-state index is 6.41. The average Bonchev–Trinajstić information content (AvgIpc) is 2.59. The molecule has 0 bridgehead atoms. The van der Waals surface area contributed by atoms with Crippen molar-refractivity contribution in [2.45, 2.75) is 92.8 Å². The SMILES string of the molecule is CCCO[Si](OCCC)(OCCC)c1c(OC(C)(C)C)cccc1OC(C)(C)C. The van der Waals surface area contributed by atoms with Gasteiger partial charge < -0.3 is 22.8 Å². The van der Waals surface area contributed by atoms with E-state index in [0.717, 1.165) is 24.4 Å². The van der Waals surface area contributed by atoms with Gasteiger partial charge in [0.2, 0.25) is 0 Å². The van der Waals surface area contributed by atoms with Crippen molar-refractivity contribution < 1.29 is 22.8 Å². The Morgan fingerprint density at radius 3 is 1.28 bits per heavy atom. The molecule has 0 aliphatic rings. The van der Waals surface area contributed by atoms with Crippen LogP contribution in [0.1, 0.15) is 81.6 Å². The first-order chi connectivity index (χ1) is 13.5. The van der Waals surface area contributed by atoms with Gasteiger partial charge in [0.25, 0.3) is 0 Å². The van der Waals surface area contributed by atoms with E-state index in [1.54, 1.807) is 0 Å². The van der Waals surface area contributed by atoms with Crippen LogP contribution in [0.3, 0.4) is 0 Å². The van der Waals surface area contributed by atoms with E-state index in [0.29, 0.717) is 31.3 Å². The summed E-state index contributed by atoms with van der Waals surface area (Å²) in [5, 5.41) is 0.792. The van der Waals surface area contributed by atoms with Gasteiger partial charge in [0.1, 0.15) is 27.9 Å². The number of hydrogen-bond donors (Lipinski definition) is 0. The maximum atomic E-state index is 6.41. The molecule has 0 unspecified atom stereocenters. The third-order valence-electron chi connectivity index (χ3n) is 3.62. The van der Waals surface area contributed by atoms with Crippen LogP contribution >= 0.6 is 0 Å². The fourth-order valence-corrected chi connectivity index (χ4v) is 5.67. The lowest BCUT2D eigenvalue weighted by Crippen LogP contribution is -2.58. The molecule has 0 aromatic heterocycles. The van der Waals surface area contributed by atoms with Crippen molar-refractivity contribution in [3.8, 4) is 11.5 Å². The van der Waals surface area contributed by atoms with Crippen LogP contribution in [-0.2, 0) is 13.3 Å². The normalized spacial score (nSPS) is 12.9. The lowest BCUT2D eigenvalue weighted by Gasteiger charge is -2.35. The molecule has 6 heteroatoms. The minimum Gasteiger partial charge on any atom is -0.488 e. The fraction of sp³-hybridized carbons (Fsp3) is 0.739. The fourth-order valence-electron chi connectivity index (χ4n) is 2.69. The highest BCUT2D eigenvalue weighted by Crippen LogP contribution is 2.30. The molecular weight excluding hydrogens is 384 g/mol. The second-order valence-corrected chi connectivity index (χ2v) is 11.6. The Labute approximate surface area is 179 Å². The summed E-state index contributed by atoms with van der Waals surface area (Å²) in [5.41, 5.74) is -0.759. The summed E-state index contributed by atoms with van der Waals surface area (Å²) < 4.78 is 31.9. The monoisotopic (exact) mass is 426 g/mol. The number of ether oxygens (including phenoxy) is 2. The van der Waals surface area contributed by atoms with Crippen molar-refractivity contribution in [2.24, 2.45) is 0 Å². The zero-order valence-electron chi connectivity index (χ0n) is 20.0. The Kier molecular flexibility index (Phi) is 10.2. The summed E-state index contributed by atoms with van der Waals surface area (Å²) in [5.74, 6) is 1.41. The topological polar surface area (TPSA) is 46.2 Å². The quantitative estimate of drug-likeness (QED) is 0.415. The van der Waals surface area contributed by atoms with E-state index in [-0.39, 0.29) is 11.2 Å². The Hall–Kier alpha value is -1.08. The van der Waals surface area contributed by atoms with E-state index >= 15 is 0 Å². The van der Waals surface area contributed by atoms with Crippen molar-refractivity contribution in [2.75, 3.05) is 19.8 Å². The first kappa shape index (κ1) is 26.0. The molecule has 1 rings (SSSR count). The molecule has 0 saturated heterocycles. The van der Waals surface area contributed by atoms with Crippen molar-refractivity contribution in [1.29, 1.82) is 0 Å². The van der Waals surface area contributed by atoms with Crippen LogP contribution in [0.5, 0.6) is 11.5 Å². The van der Waals surface area contributed by atoms with Crippen molar-refractivity contribution in [3.05, 3.63) is 18.2 Å². The van der Waals surface area contributed by atoms with E-state index in [9.17, 15) is 0 Å². The molecule has 0 saturated carbocycles. The van der Waals surface area contributed by atoms with Gasteiger partial charge in [-0.3, -0.25) is 0 Å². The van der Waals surface area contributed by atoms with Gasteiger partial charge in [-0.1, -0.05) is 26.8 Å². The van der Waals surface area contributed by atoms with Gasteiger partial charge in [0, 0.05) is 19.8 Å². The molecule has 0 atom stereocenters. The molecule has 0 radical (unpaired) electrons. The minimum absolute atomic E-state index is 0.379. The molecule has 168 valence electrons. The molecular formula is C23H42O5Si. The summed E-state index contributed by atoms with van der Waals surface area (Å²) in [4.78, 5) is 0. The van der Waals surface area contributed by atoms with E-state index in [1.165, 1.54) is 0 Å². The summed E-state index contributed by atoms with van der Waals surface area (Å²) >= 11 is 0. The van der Waals surface area contributed by atoms with Crippen LogP contribution in [0, 0.1) is 0 Å². The lowest BCUT2D eigenvalue weighted by atomic mass is 10.2. The average molecular weight is 427 g/mol. The van der Waals surface area contributed by atoms with Crippen LogP contribution in [0.15, 0.2) is 18.2 Å². The molecule has 0 aliphatic heterocycles. The van der Waals surface area contributed by atoms with Gasteiger partial charge in [0.15, 0.2) is 0 Å². The summed E-state index contributed by atoms with van der Waals surface area (Å²) in [6.07, 6.45) is 2.62. The molecule has 1 aromatic rings. The zero-order valence-corrected chi connectivity index (χ0v) is 21.0. The van der Waals surface area contributed by atoms with Gasteiger partial charge in [-0.05, 0) is 72.9 Å². The standard InChI is InChI=1S/C23H42O5Si/c1-10-16-24-29(25-17-11-2,26-18-12-3)21-19(27-22(4,5)6)14-13-15-20(21)28-23(7,8)9/h13-15H,10-12,16-18H2,1-9H3. The first-order valence-electron chi connectivity index (χ1n) is 10.9. The van der Waals surface area contributed by atoms with E-state index in [2.05, 4.69) is 20.8 Å². The van der Waals surface area contributed by atoms with Gasteiger partial charge in [-0.25, -0.2) is 0 Å². The highest BCUT2D eigenvalue weighted by atomic mass is 28.4. The summed E-state index contributed by atoms with van der Waals surface area (Å²) in [7, 11) is -3.27. The third-order valence-corrected chi connectivity index (χ3v) is 6.47. The van der Waals surface area contributed by atoms with E-state index < -0.39 is 8.80 Å². The molecule has 0 fully saturated rings. The molecule has 5 nitrogen and oxygen atoms in total. The molecule has 0 N–H and O–H groups in total. The number of hydrogen-bond acceptors (Lipinski definition) is 5. The van der Waals surface area contributed by atoms with Crippen LogP contribution in [0.4, 0.5) is 0 Å². The predicted molar refractivity (Wildman–Crippen MR) is 121 cm³/mol. The largest absolute Gasteiger partial charge is 0.544 e. The van der Waals surface area contributed by atoms with Crippen molar-refractivity contribution >= 4 is 14.0 Å². The van der Waals surface area contributed by atoms with Crippen LogP contribution in [0.2, 0.25) is 0 Å². The Morgan fingerprint density at radius 1 is 0.655 bits per heavy atom. The highest BCUT2D eigenvalue weighted by molar-refractivity contribution is 6.77. The first-order valence-corrected chi connectivity index (χ1v) is 12.6. The summed E-state index contributed by atoms with van der Waals surface area (Å²) in [6, 6.07) is 5.86. The highest BCUT2D eigenvalue weighted by Gasteiger charge is 2.49. The maximum Gasteiger partial charge on any atom is 0.544 e. The van der Waals surface area contributed by atoms with Crippen molar-refractivity contribution in [3.63, 3.8) is 0 Å². The Bertz CT molecular complexity index is 548. The second-order valence-electron chi connectivity index (χ2n) is 9.16. The van der Waals surface area contributed by atoms with Gasteiger partial charge in [-0.2, -0.15) is 0 Å². The molecule has 0 heterocycles. The van der Waals surface area contributed by atoms with Crippen molar-refractivity contribution in [1.82, 2.24) is 0 Å². The zero-order chi connectivity index (χ0) is 22.1. The van der Waals surface area contributed by atoms with E-state index in [1.807, 2.05) is 59.7 Å². The number of benzene rings is 1. The lowest BCUT2D eigenvalue weighted by molar-refractivity contribution is 0.0683. The Balaban J connectivity index is 3.68. The Morgan fingerprint density at radius 2 is 1.00 bits per heavy atom.